The average Bonchev–Trinajstić information content (AvgIpc) is 2.82. The Morgan fingerprint density at radius 3 is 2.94 bits per heavy atom. The lowest BCUT2D eigenvalue weighted by Crippen LogP contribution is -2.38. The Balaban J connectivity index is 1.87. The third kappa shape index (κ3) is 3.26. The normalized spacial score (nSPS) is 24.1. The monoisotopic (exact) mass is 259 g/mol. The van der Waals surface area contributed by atoms with Gasteiger partial charge in [0.1, 0.15) is 0 Å². The van der Waals surface area contributed by atoms with Crippen molar-refractivity contribution in [1.82, 2.24) is 15.1 Å². The van der Waals surface area contributed by atoms with Gasteiger partial charge in [-0.2, -0.15) is 13.9 Å². The number of aromatic nitrogens is 2. The van der Waals surface area contributed by atoms with E-state index in [9.17, 15) is 8.78 Å². The lowest BCUT2D eigenvalue weighted by atomic mass is 10.2. The van der Waals surface area contributed by atoms with Crippen LogP contribution >= 0.6 is 0 Å². The second-order valence-corrected chi connectivity index (χ2v) is 4.75. The molecule has 0 radical (unpaired) electrons. The van der Waals surface area contributed by atoms with Crippen LogP contribution in [0.2, 0.25) is 0 Å². The summed E-state index contributed by atoms with van der Waals surface area (Å²) in [5.41, 5.74) is 2.01. The van der Waals surface area contributed by atoms with E-state index in [0.717, 1.165) is 24.2 Å². The van der Waals surface area contributed by atoms with E-state index >= 15 is 0 Å². The summed E-state index contributed by atoms with van der Waals surface area (Å²) in [4.78, 5) is 0. The van der Waals surface area contributed by atoms with Gasteiger partial charge in [-0.25, -0.2) is 0 Å². The number of halogens is 2. The van der Waals surface area contributed by atoms with Crippen LogP contribution in [0, 0.1) is 6.92 Å². The van der Waals surface area contributed by atoms with Crippen LogP contribution in [0.3, 0.4) is 0 Å². The molecule has 6 heteroatoms. The Bertz CT molecular complexity index is 395. The van der Waals surface area contributed by atoms with Gasteiger partial charge in [0.2, 0.25) is 0 Å². The molecule has 1 N–H and O–H groups in total. The van der Waals surface area contributed by atoms with E-state index in [1.165, 1.54) is 0 Å². The Morgan fingerprint density at radius 2 is 2.33 bits per heavy atom. The molecule has 18 heavy (non-hydrogen) atoms. The van der Waals surface area contributed by atoms with Crippen molar-refractivity contribution in [2.75, 3.05) is 0 Å². The topological polar surface area (TPSA) is 39.1 Å². The first kappa shape index (κ1) is 13.4. The van der Waals surface area contributed by atoms with Gasteiger partial charge in [0, 0.05) is 19.6 Å². The van der Waals surface area contributed by atoms with E-state index in [1.807, 2.05) is 20.0 Å². The zero-order valence-electron chi connectivity index (χ0n) is 10.7. The standard InChI is InChI=1S/C12H19F2N3O/c1-8-6-9(17(2)16-8)7-15-10-4-3-5-11(10)18-12(13)14/h6,10-12,15H,3-5,7H2,1-2H3/t10-,11-/m1/s1. The molecule has 0 saturated heterocycles. The Labute approximate surface area is 105 Å². The summed E-state index contributed by atoms with van der Waals surface area (Å²) in [6.45, 7) is -0.122. The predicted octanol–water partition coefficient (Wildman–Crippen LogP) is 1.98. The van der Waals surface area contributed by atoms with Gasteiger partial charge in [-0.1, -0.05) is 0 Å². The second-order valence-electron chi connectivity index (χ2n) is 4.75. The first-order valence-corrected chi connectivity index (χ1v) is 6.23. The highest BCUT2D eigenvalue weighted by atomic mass is 19.3. The van der Waals surface area contributed by atoms with Gasteiger partial charge in [-0.15, -0.1) is 0 Å². The molecule has 0 aliphatic heterocycles. The molecule has 1 aliphatic carbocycles. The highest BCUT2D eigenvalue weighted by Gasteiger charge is 2.30. The molecular weight excluding hydrogens is 240 g/mol. The Hall–Kier alpha value is -1.01. The number of nitrogens with one attached hydrogen (secondary N) is 1. The number of ether oxygens (including phenoxy) is 1. The van der Waals surface area contributed by atoms with Gasteiger partial charge in [0.15, 0.2) is 0 Å². The van der Waals surface area contributed by atoms with E-state index in [1.54, 1.807) is 4.68 Å². The van der Waals surface area contributed by atoms with Crippen LogP contribution in [0.5, 0.6) is 0 Å². The number of hydrogen-bond donors (Lipinski definition) is 1. The lowest BCUT2D eigenvalue weighted by molar-refractivity contribution is -0.165. The van der Waals surface area contributed by atoms with E-state index in [-0.39, 0.29) is 12.1 Å². The van der Waals surface area contributed by atoms with Crippen LogP contribution in [0.4, 0.5) is 8.78 Å². The molecule has 1 aromatic rings. The zero-order chi connectivity index (χ0) is 13.1. The quantitative estimate of drug-likeness (QED) is 0.878. The molecule has 2 rings (SSSR count). The molecule has 1 aliphatic rings. The van der Waals surface area contributed by atoms with E-state index in [0.29, 0.717) is 13.0 Å². The van der Waals surface area contributed by atoms with Crippen LogP contribution in [0.25, 0.3) is 0 Å². The smallest absolute Gasteiger partial charge is 0.318 e. The first-order valence-electron chi connectivity index (χ1n) is 6.23. The highest BCUT2D eigenvalue weighted by Crippen LogP contribution is 2.24. The molecule has 0 amide bonds. The van der Waals surface area contributed by atoms with Crippen molar-refractivity contribution >= 4 is 0 Å². The van der Waals surface area contributed by atoms with Gasteiger partial charge in [0.05, 0.1) is 17.5 Å². The van der Waals surface area contributed by atoms with Gasteiger partial charge >= 0.3 is 6.61 Å². The number of alkyl halides is 2. The summed E-state index contributed by atoms with van der Waals surface area (Å²) in [6.07, 6.45) is 2.14. The molecule has 0 aromatic carbocycles. The van der Waals surface area contributed by atoms with Gasteiger partial charge in [0.25, 0.3) is 0 Å². The molecule has 1 aromatic heterocycles. The summed E-state index contributed by atoms with van der Waals surface area (Å²) in [5.74, 6) is 0. The Kier molecular flexibility index (Phi) is 4.29. The maximum Gasteiger partial charge on any atom is 0.345 e. The summed E-state index contributed by atoms with van der Waals surface area (Å²) in [7, 11) is 1.88. The molecule has 2 atom stereocenters. The van der Waals surface area contributed by atoms with E-state index in [2.05, 4.69) is 15.2 Å². The minimum atomic E-state index is -2.68. The van der Waals surface area contributed by atoms with E-state index in [4.69, 9.17) is 0 Å². The zero-order valence-corrected chi connectivity index (χ0v) is 10.7. The molecule has 1 saturated carbocycles. The molecule has 0 bridgehead atoms. The SMILES string of the molecule is Cc1cc(CN[C@@H]2CCC[C@H]2OC(F)F)n(C)n1. The van der Waals surface area contributed by atoms with E-state index < -0.39 is 6.61 Å². The number of rotatable bonds is 5. The number of aryl methyl sites for hydroxylation is 2. The summed E-state index contributed by atoms with van der Waals surface area (Å²) in [6, 6.07) is 2.00. The van der Waals surface area contributed by atoms with Crippen LogP contribution in [0.1, 0.15) is 30.7 Å². The molecule has 102 valence electrons. The molecule has 1 heterocycles. The first-order chi connectivity index (χ1) is 8.56. The number of nitrogens with zero attached hydrogens (tertiary/aromatic N) is 2. The Morgan fingerprint density at radius 1 is 1.56 bits per heavy atom. The largest absolute Gasteiger partial charge is 0.345 e. The fraction of sp³-hybridized carbons (Fsp3) is 0.750. The highest BCUT2D eigenvalue weighted by molar-refractivity contribution is 5.08. The van der Waals surface area contributed by atoms with Crippen molar-refractivity contribution in [2.24, 2.45) is 7.05 Å². The summed E-state index contributed by atoms with van der Waals surface area (Å²) < 4.78 is 30.9. The predicted molar refractivity (Wildman–Crippen MR) is 63.3 cm³/mol. The van der Waals surface area contributed by atoms with Crippen LogP contribution < -0.4 is 5.32 Å². The maximum absolute atomic E-state index is 12.2. The molecule has 0 spiro atoms. The fourth-order valence-electron chi connectivity index (χ4n) is 2.52. The van der Waals surface area contributed by atoms with Gasteiger partial charge in [-0.3, -0.25) is 4.68 Å². The van der Waals surface area contributed by atoms with Gasteiger partial charge < -0.3 is 10.1 Å². The van der Waals surface area contributed by atoms with Crippen LogP contribution in [-0.4, -0.2) is 28.5 Å². The van der Waals surface area contributed by atoms with Crippen molar-refractivity contribution in [3.8, 4) is 0 Å². The summed E-state index contributed by atoms with van der Waals surface area (Å²) >= 11 is 0. The molecule has 1 fully saturated rings. The van der Waals surface area contributed by atoms with Gasteiger partial charge in [-0.05, 0) is 32.3 Å². The minimum absolute atomic E-state index is 0.00852. The van der Waals surface area contributed by atoms with Crippen molar-refractivity contribution in [1.29, 1.82) is 0 Å². The van der Waals surface area contributed by atoms with Crippen molar-refractivity contribution in [3.05, 3.63) is 17.5 Å². The fourth-order valence-corrected chi connectivity index (χ4v) is 2.52. The van der Waals surface area contributed by atoms with Crippen molar-refractivity contribution in [3.63, 3.8) is 0 Å². The molecule has 4 nitrogen and oxygen atoms in total. The number of hydrogen-bond acceptors (Lipinski definition) is 3. The average molecular weight is 259 g/mol. The molecular formula is C12H19F2N3O. The van der Waals surface area contributed by atoms with Crippen LogP contribution in [0.15, 0.2) is 6.07 Å². The van der Waals surface area contributed by atoms with Crippen LogP contribution in [-0.2, 0) is 18.3 Å². The third-order valence-corrected chi connectivity index (χ3v) is 3.37. The summed E-state index contributed by atoms with van der Waals surface area (Å²) in [5, 5.41) is 7.54. The van der Waals surface area contributed by atoms with Crippen molar-refractivity contribution in [2.45, 2.75) is 51.5 Å². The minimum Gasteiger partial charge on any atom is -0.318 e. The third-order valence-electron chi connectivity index (χ3n) is 3.37. The molecule has 0 unspecified atom stereocenters. The maximum atomic E-state index is 12.2. The second kappa shape index (κ2) is 5.75. The van der Waals surface area contributed by atoms with Crippen molar-refractivity contribution < 1.29 is 13.5 Å². The lowest BCUT2D eigenvalue weighted by Gasteiger charge is -2.21.